The van der Waals surface area contributed by atoms with Crippen molar-refractivity contribution in [3.05, 3.63) is 107 Å². The van der Waals surface area contributed by atoms with Gasteiger partial charge in [-0.15, -0.1) is 18.1 Å². The van der Waals surface area contributed by atoms with Crippen LogP contribution in [0.1, 0.15) is 42.5 Å². The molecule has 0 aliphatic heterocycles. The van der Waals surface area contributed by atoms with E-state index in [4.69, 9.17) is 18.9 Å². The number of rotatable bonds is 13. The zero-order valence-corrected chi connectivity index (χ0v) is 25.2. The molecule has 1 N–H and O–H groups in total. The standard InChI is InChI=1S/C34H36N2O6.ClH/c1-39-20-21-41-34(38)29(17-15-26-16-18-31(40-2)32(23-26)42-28-13-6-7-14-28)30(22-25-10-4-3-5-11-25)33(37)36-24-27-12-8-9-19-35-27;/h3-5,8-12,15-16,18-19,22-23,28H,6-7,13-14,20-21,24H2,1-2H3,(H,36,37);1H. The van der Waals surface area contributed by atoms with Gasteiger partial charge in [-0.05, 0) is 73.2 Å². The number of hydrogen-bond donors (Lipinski definition) is 1. The van der Waals surface area contributed by atoms with Crippen LogP contribution in [0, 0.1) is 0 Å². The van der Waals surface area contributed by atoms with Gasteiger partial charge in [0.1, 0.15) is 12.2 Å². The van der Waals surface area contributed by atoms with E-state index in [2.05, 4.69) is 16.0 Å². The molecule has 1 amide bonds. The second-order valence-corrected chi connectivity index (χ2v) is 9.70. The van der Waals surface area contributed by atoms with Crippen molar-refractivity contribution < 1.29 is 28.5 Å². The van der Waals surface area contributed by atoms with Crippen LogP contribution in [0.15, 0.2) is 89.8 Å². The SMILES string of the molecule is COCCOC(=O)C(=C=Cc1ccc(OC)c(OC2CCCC2)c1)C(=Cc1ccccc1)C(=O)NCc1ccccn1.Cl. The molecule has 1 aromatic heterocycles. The maximum Gasteiger partial charge on any atom is 0.346 e. The summed E-state index contributed by atoms with van der Waals surface area (Å²) in [6, 6.07) is 20.2. The summed E-state index contributed by atoms with van der Waals surface area (Å²) >= 11 is 0. The Morgan fingerprint density at radius 3 is 2.42 bits per heavy atom. The second kappa shape index (κ2) is 17.6. The first-order chi connectivity index (χ1) is 20.6. The summed E-state index contributed by atoms with van der Waals surface area (Å²) in [5, 5.41) is 2.87. The molecule has 1 fully saturated rings. The third-order valence-electron chi connectivity index (χ3n) is 6.67. The van der Waals surface area contributed by atoms with E-state index >= 15 is 0 Å². The highest BCUT2D eigenvalue weighted by molar-refractivity contribution is 6.12. The summed E-state index contributed by atoms with van der Waals surface area (Å²) in [6.45, 7) is 0.422. The van der Waals surface area contributed by atoms with Gasteiger partial charge in [-0.3, -0.25) is 9.78 Å². The fourth-order valence-electron chi connectivity index (χ4n) is 4.49. The fraction of sp³-hybridized carbons (Fsp3) is 0.294. The molecule has 0 spiro atoms. The molecule has 9 heteroatoms. The Morgan fingerprint density at radius 2 is 1.72 bits per heavy atom. The number of esters is 1. The van der Waals surface area contributed by atoms with Gasteiger partial charge in [0, 0.05) is 13.3 Å². The molecule has 4 rings (SSSR count). The topological polar surface area (TPSA) is 96.0 Å². The van der Waals surface area contributed by atoms with E-state index in [1.54, 1.807) is 31.5 Å². The molecule has 0 unspecified atom stereocenters. The van der Waals surface area contributed by atoms with Gasteiger partial charge in [0.25, 0.3) is 5.91 Å². The van der Waals surface area contributed by atoms with Crippen LogP contribution in [0.2, 0.25) is 0 Å². The number of hydrogen-bond acceptors (Lipinski definition) is 7. The Balaban J connectivity index is 0.00000506. The van der Waals surface area contributed by atoms with Crippen LogP contribution in [-0.4, -0.2) is 50.4 Å². The zero-order chi connectivity index (χ0) is 29.6. The summed E-state index contributed by atoms with van der Waals surface area (Å²) < 4.78 is 22.2. The van der Waals surface area contributed by atoms with Crippen molar-refractivity contribution in [2.24, 2.45) is 0 Å². The maximum absolute atomic E-state index is 13.6. The first-order valence-corrected chi connectivity index (χ1v) is 14.0. The molecule has 0 bridgehead atoms. The number of nitrogens with zero attached hydrogens (tertiary/aromatic N) is 1. The largest absolute Gasteiger partial charge is 0.493 e. The molecule has 0 radical (unpaired) electrons. The van der Waals surface area contributed by atoms with Crippen molar-refractivity contribution in [1.29, 1.82) is 0 Å². The number of methoxy groups -OCH3 is 2. The molecule has 1 heterocycles. The number of pyridine rings is 1. The highest BCUT2D eigenvalue weighted by Gasteiger charge is 2.23. The van der Waals surface area contributed by atoms with Crippen LogP contribution in [0.3, 0.4) is 0 Å². The van der Waals surface area contributed by atoms with Crippen molar-refractivity contribution in [2.45, 2.75) is 38.3 Å². The molecule has 0 atom stereocenters. The van der Waals surface area contributed by atoms with Crippen molar-refractivity contribution >= 4 is 36.4 Å². The monoisotopic (exact) mass is 604 g/mol. The number of carbonyl (C=O) groups is 2. The van der Waals surface area contributed by atoms with E-state index in [9.17, 15) is 9.59 Å². The van der Waals surface area contributed by atoms with Gasteiger partial charge < -0.3 is 24.3 Å². The Morgan fingerprint density at radius 1 is 0.953 bits per heavy atom. The van der Waals surface area contributed by atoms with Crippen molar-refractivity contribution in [1.82, 2.24) is 10.3 Å². The molecule has 1 aliphatic rings. The zero-order valence-electron chi connectivity index (χ0n) is 24.4. The highest BCUT2D eigenvalue weighted by Crippen LogP contribution is 2.33. The van der Waals surface area contributed by atoms with Crippen molar-refractivity contribution in [3.63, 3.8) is 0 Å². The molecule has 1 saturated carbocycles. The molecule has 2 aromatic carbocycles. The second-order valence-electron chi connectivity index (χ2n) is 9.70. The Labute approximate surface area is 258 Å². The third-order valence-corrected chi connectivity index (χ3v) is 6.67. The maximum atomic E-state index is 13.6. The molecule has 1 aliphatic carbocycles. The van der Waals surface area contributed by atoms with Gasteiger partial charge in [-0.25, -0.2) is 4.79 Å². The van der Waals surface area contributed by atoms with E-state index in [1.807, 2.05) is 60.7 Å². The number of benzene rings is 2. The van der Waals surface area contributed by atoms with Crippen LogP contribution < -0.4 is 14.8 Å². The summed E-state index contributed by atoms with van der Waals surface area (Å²) in [5.74, 6) is 0.0802. The van der Waals surface area contributed by atoms with Gasteiger partial charge in [-0.1, -0.05) is 42.5 Å². The predicted octanol–water partition coefficient (Wildman–Crippen LogP) is 5.96. The number of halogens is 1. The lowest BCUT2D eigenvalue weighted by Crippen LogP contribution is -2.28. The van der Waals surface area contributed by atoms with Gasteiger partial charge in [-0.2, -0.15) is 0 Å². The predicted molar refractivity (Wildman–Crippen MR) is 168 cm³/mol. The van der Waals surface area contributed by atoms with Crippen LogP contribution >= 0.6 is 12.4 Å². The first-order valence-electron chi connectivity index (χ1n) is 14.0. The average Bonchev–Trinajstić information content (AvgIpc) is 3.54. The lowest BCUT2D eigenvalue weighted by Gasteiger charge is -2.16. The molecule has 43 heavy (non-hydrogen) atoms. The molecule has 0 saturated heterocycles. The van der Waals surface area contributed by atoms with Crippen LogP contribution in [0.25, 0.3) is 12.2 Å². The summed E-state index contributed by atoms with van der Waals surface area (Å²) in [4.78, 5) is 31.2. The smallest absolute Gasteiger partial charge is 0.346 e. The average molecular weight is 605 g/mol. The lowest BCUT2D eigenvalue weighted by molar-refractivity contribution is -0.140. The van der Waals surface area contributed by atoms with E-state index in [-0.39, 0.29) is 49.4 Å². The van der Waals surface area contributed by atoms with Gasteiger partial charge in [0.15, 0.2) is 11.5 Å². The minimum atomic E-state index is -0.700. The third kappa shape index (κ3) is 10.1. The van der Waals surface area contributed by atoms with Gasteiger partial charge in [0.2, 0.25) is 0 Å². The van der Waals surface area contributed by atoms with Crippen molar-refractivity contribution in [3.8, 4) is 11.5 Å². The van der Waals surface area contributed by atoms with E-state index in [0.29, 0.717) is 17.2 Å². The number of carbonyl (C=O) groups excluding carboxylic acids is 2. The van der Waals surface area contributed by atoms with Gasteiger partial charge in [0.05, 0.1) is 37.6 Å². The van der Waals surface area contributed by atoms with Crippen LogP contribution in [-0.2, 0) is 25.6 Å². The van der Waals surface area contributed by atoms with Crippen LogP contribution in [0.5, 0.6) is 11.5 Å². The summed E-state index contributed by atoms with van der Waals surface area (Å²) in [6.07, 6.45) is 9.37. The normalized spacial score (nSPS) is 12.8. The fourth-order valence-corrected chi connectivity index (χ4v) is 4.49. The van der Waals surface area contributed by atoms with E-state index < -0.39 is 11.9 Å². The minimum Gasteiger partial charge on any atom is -0.493 e. The Hall–Kier alpha value is -4.36. The number of aromatic nitrogens is 1. The minimum absolute atomic E-state index is 0. The molecule has 3 aromatic rings. The number of nitrogens with one attached hydrogen (secondary N) is 1. The Bertz CT molecular complexity index is 1430. The first kappa shape index (κ1) is 33.1. The van der Waals surface area contributed by atoms with Crippen molar-refractivity contribution in [2.75, 3.05) is 27.4 Å². The quantitative estimate of drug-likeness (QED) is 0.0845. The van der Waals surface area contributed by atoms with Crippen LogP contribution in [0.4, 0.5) is 0 Å². The number of ether oxygens (including phenoxy) is 4. The molecule has 8 nitrogen and oxygen atoms in total. The summed E-state index contributed by atoms with van der Waals surface area (Å²) in [5.41, 5.74) is 5.27. The number of amides is 1. The molecule has 226 valence electrons. The van der Waals surface area contributed by atoms with E-state index in [1.165, 1.54) is 7.11 Å². The lowest BCUT2D eigenvalue weighted by atomic mass is 10.0. The summed E-state index contributed by atoms with van der Waals surface area (Å²) in [7, 11) is 3.12. The molecular weight excluding hydrogens is 568 g/mol. The Kier molecular flexibility index (Phi) is 13.5. The highest BCUT2D eigenvalue weighted by atomic mass is 35.5. The van der Waals surface area contributed by atoms with E-state index in [0.717, 1.165) is 36.8 Å². The molecular formula is C34H37ClN2O6. The van der Waals surface area contributed by atoms with Gasteiger partial charge >= 0.3 is 5.97 Å².